The van der Waals surface area contributed by atoms with Gasteiger partial charge in [0.25, 0.3) is 0 Å². The Morgan fingerprint density at radius 3 is 2.94 bits per heavy atom. The number of anilines is 1. The van der Waals surface area contributed by atoms with E-state index in [1.807, 2.05) is 6.07 Å². The summed E-state index contributed by atoms with van der Waals surface area (Å²) in [6, 6.07) is 4.31. The molecular formula is C14H21NO2. The summed E-state index contributed by atoms with van der Waals surface area (Å²) in [4.78, 5) is 13.6. The standard InChI is InChI=1S/C14H21NO2/c1-3-6-12-7-4-5-10-15(12)14-9-8-13(17-14)11(2)16/h8-9,12H,3-7,10H2,1-2H3. The number of Topliss-reactive ketones (excluding diaryl/α,β-unsaturated/α-hetero) is 1. The maximum absolute atomic E-state index is 11.2. The normalized spacial score (nSPS) is 20.6. The Bertz CT molecular complexity index is 381. The molecule has 1 atom stereocenters. The lowest BCUT2D eigenvalue weighted by molar-refractivity contribution is 0.0987. The zero-order chi connectivity index (χ0) is 12.3. The number of furan rings is 1. The van der Waals surface area contributed by atoms with Crippen LogP contribution in [-0.2, 0) is 0 Å². The Hall–Kier alpha value is -1.25. The predicted molar refractivity (Wildman–Crippen MR) is 68.6 cm³/mol. The number of carbonyl (C=O) groups is 1. The van der Waals surface area contributed by atoms with E-state index < -0.39 is 0 Å². The van der Waals surface area contributed by atoms with Crippen molar-refractivity contribution in [3.8, 4) is 0 Å². The van der Waals surface area contributed by atoms with E-state index in [0.717, 1.165) is 12.4 Å². The van der Waals surface area contributed by atoms with Gasteiger partial charge in [-0.05, 0) is 31.7 Å². The van der Waals surface area contributed by atoms with Crippen LogP contribution < -0.4 is 4.90 Å². The van der Waals surface area contributed by atoms with Crippen molar-refractivity contribution in [2.24, 2.45) is 0 Å². The van der Waals surface area contributed by atoms with Gasteiger partial charge in [-0.2, -0.15) is 0 Å². The summed E-state index contributed by atoms with van der Waals surface area (Å²) in [5, 5.41) is 0. The summed E-state index contributed by atoms with van der Waals surface area (Å²) in [5.74, 6) is 1.34. The molecule has 3 nitrogen and oxygen atoms in total. The molecule has 1 fully saturated rings. The van der Waals surface area contributed by atoms with Crippen molar-refractivity contribution in [3.05, 3.63) is 17.9 Å². The van der Waals surface area contributed by atoms with E-state index in [0.29, 0.717) is 11.8 Å². The second-order valence-electron chi connectivity index (χ2n) is 4.83. The van der Waals surface area contributed by atoms with Crippen LogP contribution in [0.2, 0.25) is 0 Å². The molecule has 0 aliphatic carbocycles. The first kappa shape index (κ1) is 12.2. The van der Waals surface area contributed by atoms with Crippen LogP contribution in [0.25, 0.3) is 0 Å². The fourth-order valence-corrected chi connectivity index (χ4v) is 2.60. The summed E-state index contributed by atoms with van der Waals surface area (Å²) < 4.78 is 5.64. The van der Waals surface area contributed by atoms with Crippen molar-refractivity contribution in [1.82, 2.24) is 0 Å². The Morgan fingerprint density at radius 2 is 2.29 bits per heavy atom. The van der Waals surface area contributed by atoms with Crippen LogP contribution >= 0.6 is 0 Å². The topological polar surface area (TPSA) is 33.5 Å². The fourth-order valence-electron chi connectivity index (χ4n) is 2.60. The van der Waals surface area contributed by atoms with Gasteiger partial charge in [0.2, 0.25) is 0 Å². The van der Waals surface area contributed by atoms with Crippen LogP contribution in [0, 0.1) is 0 Å². The summed E-state index contributed by atoms with van der Waals surface area (Å²) in [6.07, 6.45) is 6.17. The van der Waals surface area contributed by atoms with E-state index in [1.54, 1.807) is 13.0 Å². The largest absolute Gasteiger partial charge is 0.437 e. The summed E-state index contributed by atoms with van der Waals surface area (Å²) in [6.45, 7) is 4.81. The SMILES string of the molecule is CCCC1CCCCN1c1ccc(C(C)=O)o1. The quantitative estimate of drug-likeness (QED) is 0.747. The minimum absolute atomic E-state index is 0.000279. The molecule has 2 rings (SSSR count). The first-order valence-corrected chi connectivity index (χ1v) is 6.59. The van der Waals surface area contributed by atoms with Gasteiger partial charge in [0.15, 0.2) is 17.4 Å². The highest BCUT2D eigenvalue weighted by Crippen LogP contribution is 2.28. The highest BCUT2D eigenvalue weighted by molar-refractivity contribution is 5.91. The third-order valence-corrected chi connectivity index (χ3v) is 3.47. The molecule has 2 heterocycles. The smallest absolute Gasteiger partial charge is 0.196 e. The number of carbonyl (C=O) groups excluding carboxylic acids is 1. The molecular weight excluding hydrogens is 214 g/mol. The molecule has 0 N–H and O–H groups in total. The first-order valence-electron chi connectivity index (χ1n) is 6.59. The Morgan fingerprint density at radius 1 is 1.47 bits per heavy atom. The molecule has 0 amide bonds. The second kappa shape index (κ2) is 5.39. The zero-order valence-electron chi connectivity index (χ0n) is 10.7. The Kier molecular flexibility index (Phi) is 3.87. The van der Waals surface area contributed by atoms with Gasteiger partial charge in [0.1, 0.15) is 0 Å². The van der Waals surface area contributed by atoms with Crippen LogP contribution in [0.1, 0.15) is 56.5 Å². The molecule has 1 aliphatic rings. The number of rotatable bonds is 4. The minimum Gasteiger partial charge on any atom is -0.437 e. The second-order valence-corrected chi connectivity index (χ2v) is 4.83. The zero-order valence-corrected chi connectivity index (χ0v) is 10.7. The molecule has 1 saturated heterocycles. The van der Waals surface area contributed by atoms with Crippen LogP contribution in [-0.4, -0.2) is 18.4 Å². The van der Waals surface area contributed by atoms with Crippen LogP contribution in [0.5, 0.6) is 0 Å². The molecule has 0 saturated carbocycles. The molecule has 94 valence electrons. The van der Waals surface area contributed by atoms with Crippen molar-refractivity contribution < 1.29 is 9.21 Å². The minimum atomic E-state index is 0.000279. The van der Waals surface area contributed by atoms with Gasteiger partial charge in [-0.3, -0.25) is 4.79 Å². The maximum Gasteiger partial charge on any atom is 0.196 e. The molecule has 0 bridgehead atoms. The molecule has 0 aromatic carbocycles. The summed E-state index contributed by atoms with van der Waals surface area (Å²) in [5.41, 5.74) is 0. The van der Waals surface area contributed by atoms with E-state index in [2.05, 4.69) is 11.8 Å². The van der Waals surface area contributed by atoms with E-state index in [9.17, 15) is 4.79 Å². The van der Waals surface area contributed by atoms with Crippen molar-refractivity contribution in [3.63, 3.8) is 0 Å². The highest BCUT2D eigenvalue weighted by Gasteiger charge is 2.24. The van der Waals surface area contributed by atoms with Crippen LogP contribution in [0.3, 0.4) is 0 Å². The number of nitrogens with zero attached hydrogens (tertiary/aromatic N) is 1. The Labute approximate surface area is 103 Å². The van der Waals surface area contributed by atoms with E-state index in [4.69, 9.17) is 4.42 Å². The summed E-state index contributed by atoms with van der Waals surface area (Å²) >= 11 is 0. The lowest BCUT2D eigenvalue weighted by Gasteiger charge is -2.35. The molecule has 1 aromatic heterocycles. The van der Waals surface area contributed by atoms with Gasteiger partial charge in [-0.15, -0.1) is 0 Å². The van der Waals surface area contributed by atoms with Crippen molar-refractivity contribution >= 4 is 11.7 Å². The third kappa shape index (κ3) is 2.71. The van der Waals surface area contributed by atoms with Gasteiger partial charge in [0, 0.05) is 25.6 Å². The molecule has 1 aliphatic heterocycles. The Balaban J connectivity index is 2.14. The summed E-state index contributed by atoms with van der Waals surface area (Å²) in [7, 11) is 0. The maximum atomic E-state index is 11.2. The van der Waals surface area contributed by atoms with Gasteiger partial charge < -0.3 is 9.32 Å². The highest BCUT2D eigenvalue weighted by atomic mass is 16.4. The molecule has 0 spiro atoms. The van der Waals surface area contributed by atoms with Crippen LogP contribution in [0.15, 0.2) is 16.5 Å². The molecule has 17 heavy (non-hydrogen) atoms. The molecule has 0 radical (unpaired) electrons. The van der Waals surface area contributed by atoms with Crippen molar-refractivity contribution in [2.75, 3.05) is 11.4 Å². The van der Waals surface area contributed by atoms with Crippen molar-refractivity contribution in [1.29, 1.82) is 0 Å². The monoisotopic (exact) mass is 235 g/mol. The lowest BCUT2D eigenvalue weighted by atomic mass is 9.98. The average Bonchev–Trinajstić information content (AvgIpc) is 2.79. The average molecular weight is 235 g/mol. The molecule has 3 heteroatoms. The third-order valence-electron chi connectivity index (χ3n) is 3.47. The van der Waals surface area contributed by atoms with E-state index in [1.165, 1.54) is 32.1 Å². The molecule has 1 aromatic rings. The van der Waals surface area contributed by atoms with Crippen molar-refractivity contribution in [2.45, 2.75) is 52.0 Å². The van der Waals surface area contributed by atoms with Gasteiger partial charge >= 0.3 is 0 Å². The van der Waals surface area contributed by atoms with E-state index in [-0.39, 0.29) is 5.78 Å². The molecule has 1 unspecified atom stereocenters. The van der Waals surface area contributed by atoms with Gasteiger partial charge in [-0.25, -0.2) is 0 Å². The predicted octanol–water partition coefficient (Wildman–Crippen LogP) is 3.64. The van der Waals surface area contributed by atoms with E-state index >= 15 is 0 Å². The number of hydrogen-bond acceptors (Lipinski definition) is 3. The fraction of sp³-hybridized carbons (Fsp3) is 0.643. The van der Waals surface area contributed by atoms with Gasteiger partial charge in [0.05, 0.1) is 0 Å². The van der Waals surface area contributed by atoms with Crippen LogP contribution in [0.4, 0.5) is 5.88 Å². The lowest BCUT2D eigenvalue weighted by Crippen LogP contribution is -2.39. The number of ketones is 1. The van der Waals surface area contributed by atoms with Gasteiger partial charge in [-0.1, -0.05) is 13.3 Å². The first-order chi connectivity index (χ1) is 8.22. The number of hydrogen-bond donors (Lipinski definition) is 0. The number of piperidine rings is 1.